The molecule has 160 valence electrons. The minimum Gasteiger partial charge on any atom is -0.452 e. The molecule has 0 saturated heterocycles. The monoisotopic (exact) mass is 468 g/mol. The first-order chi connectivity index (χ1) is 15.4. The van der Waals surface area contributed by atoms with Gasteiger partial charge in [-0.05, 0) is 59.7 Å². The Morgan fingerprint density at radius 2 is 1.66 bits per heavy atom. The zero-order chi connectivity index (χ0) is 23.1. The molecule has 5 nitrogen and oxygen atoms in total. The van der Waals surface area contributed by atoms with Crippen LogP contribution in [-0.4, -0.2) is 18.5 Å². The molecular weight excluding hydrogens is 454 g/mol. The Kier molecular flexibility index (Phi) is 7.61. The van der Waals surface area contributed by atoms with Gasteiger partial charge in [0.05, 0.1) is 16.8 Å². The van der Waals surface area contributed by atoms with E-state index in [4.69, 9.17) is 33.2 Å². The second kappa shape index (κ2) is 10.6. The third-order valence-corrected chi connectivity index (χ3v) is 4.75. The van der Waals surface area contributed by atoms with Gasteiger partial charge in [-0.1, -0.05) is 47.5 Å². The summed E-state index contributed by atoms with van der Waals surface area (Å²) in [5.74, 6) is -1.89. The van der Waals surface area contributed by atoms with Crippen molar-refractivity contribution in [3.8, 4) is 6.07 Å². The maximum atomic E-state index is 13.3. The summed E-state index contributed by atoms with van der Waals surface area (Å²) in [6.45, 7) is -0.602. The van der Waals surface area contributed by atoms with E-state index in [9.17, 15) is 14.0 Å². The van der Waals surface area contributed by atoms with Gasteiger partial charge in [0.1, 0.15) is 11.9 Å². The van der Waals surface area contributed by atoms with Crippen LogP contribution < -0.4 is 5.32 Å². The number of esters is 1. The van der Waals surface area contributed by atoms with Crippen LogP contribution in [0.5, 0.6) is 0 Å². The lowest BCUT2D eigenvalue weighted by Gasteiger charge is -2.11. The molecule has 0 aromatic heterocycles. The fourth-order valence-electron chi connectivity index (χ4n) is 2.73. The summed E-state index contributed by atoms with van der Waals surface area (Å²) in [4.78, 5) is 25.0. The predicted molar refractivity (Wildman–Crippen MR) is 121 cm³/mol. The number of nitriles is 1. The first-order valence-electron chi connectivity index (χ1n) is 9.25. The third-order valence-electron chi connectivity index (χ3n) is 4.27. The lowest BCUT2D eigenvalue weighted by molar-refractivity contribution is -0.141. The molecule has 32 heavy (non-hydrogen) atoms. The largest absolute Gasteiger partial charge is 0.452 e. The summed E-state index contributed by atoms with van der Waals surface area (Å²) in [5, 5.41) is 12.5. The SMILES string of the molecule is N#Cc1ccc(Cl)cc1NC(=O)COC(=O)/C(=C\c1ccc(Cl)cc1)c1ccc(F)cc1. The molecule has 3 aromatic rings. The van der Waals surface area contributed by atoms with Crippen LogP contribution >= 0.6 is 23.2 Å². The van der Waals surface area contributed by atoms with Gasteiger partial charge in [0.25, 0.3) is 5.91 Å². The zero-order valence-corrected chi connectivity index (χ0v) is 18.0. The summed E-state index contributed by atoms with van der Waals surface area (Å²) in [7, 11) is 0. The lowest BCUT2D eigenvalue weighted by atomic mass is 10.0. The van der Waals surface area contributed by atoms with Crippen LogP contribution in [0.15, 0.2) is 66.7 Å². The van der Waals surface area contributed by atoms with Crippen molar-refractivity contribution in [2.75, 3.05) is 11.9 Å². The molecule has 8 heteroatoms. The number of benzene rings is 3. The standard InChI is InChI=1S/C24H15Cl2FN2O3/c25-18-6-1-15(2-7-18)11-21(16-4-9-20(27)10-5-16)24(31)32-14-23(30)29-22-12-19(26)8-3-17(22)13-28/h1-12H,14H2,(H,29,30)/b21-11-. The lowest BCUT2D eigenvalue weighted by Crippen LogP contribution is -2.21. The van der Waals surface area contributed by atoms with Gasteiger partial charge in [0.2, 0.25) is 0 Å². The summed E-state index contributed by atoms with van der Waals surface area (Å²) in [6.07, 6.45) is 1.55. The first-order valence-corrected chi connectivity index (χ1v) is 10.0. The Bertz CT molecular complexity index is 1220. The van der Waals surface area contributed by atoms with Crippen LogP contribution in [0.4, 0.5) is 10.1 Å². The summed E-state index contributed by atoms with van der Waals surface area (Å²) >= 11 is 11.8. The van der Waals surface area contributed by atoms with E-state index in [1.54, 1.807) is 30.3 Å². The number of halogens is 3. The van der Waals surface area contributed by atoms with Gasteiger partial charge in [-0.15, -0.1) is 0 Å². The van der Waals surface area contributed by atoms with Gasteiger partial charge in [-0.3, -0.25) is 4.79 Å². The highest BCUT2D eigenvalue weighted by atomic mass is 35.5. The zero-order valence-electron chi connectivity index (χ0n) is 16.4. The van der Waals surface area contributed by atoms with Crippen molar-refractivity contribution in [2.24, 2.45) is 0 Å². The van der Waals surface area contributed by atoms with E-state index in [1.165, 1.54) is 42.5 Å². The number of amides is 1. The van der Waals surface area contributed by atoms with Gasteiger partial charge >= 0.3 is 5.97 Å². The molecule has 3 rings (SSSR count). The van der Waals surface area contributed by atoms with E-state index in [1.807, 2.05) is 6.07 Å². The van der Waals surface area contributed by atoms with Crippen LogP contribution in [0, 0.1) is 17.1 Å². The normalized spacial score (nSPS) is 10.9. The minimum absolute atomic E-state index is 0.126. The van der Waals surface area contributed by atoms with Gasteiger partial charge in [0, 0.05) is 10.0 Å². The van der Waals surface area contributed by atoms with Crippen molar-refractivity contribution < 1.29 is 18.7 Å². The Labute approximate surface area is 193 Å². The van der Waals surface area contributed by atoms with Gasteiger partial charge in [-0.25, -0.2) is 9.18 Å². The number of nitrogens with zero attached hydrogens (tertiary/aromatic N) is 1. The van der Waals surface area contributed by atoms with Crippen molar-refractivity contribution >= 4 is 52.4 Å². The molecule has 0 atom stereocenters. The quantitative estimate of drug-likeness (QED) is 0.284. The predicted octanol–water partition coefficient (Wildman–Crippen LogP) is 5.73. The fraction of sp³-hybridized carbons (Fsp3) is 0.0417. The highest BCUT2D eigenvalue weighted by Crippen LogP contribution is 2.23. The van der Waals surface area contributed by atoms with E-state index >= 15 is 0 Å². The molecule has 1 amide bonds. The molecule has 0 aliphatic rings. The molecular formula is C24H15Cl2FN2O3. The number of carbonyl (C=O) groups is 2. The van der Waals surface area contributed by atoms with E-state index in [0.29, 0.717) is 21.2 Å². The van der Waals surface area contributed by atoms with E-state index < -0.39 is 24.3 Å². The van der Waals surface area contributed by atoms with Crippen LogP contribution in [-0.2, 0) is 14.3 Å². The van der Waals surface area contributed by atoms with Crippen LogP contribution in [0.3, 0.4) is 0 Å². The summed E-state index contributed by atoms with van der Waals surface area (Å²) in [5.41, 5.74) is 1.61. The average molecular weight is 469 g/mol. The molecule has 0 spiro atoms. The van der Waals surface area contributed by atoms with E-state index in [2.05, 4.69) is 5.32 Å². The Morgan fingerprint density at radius 1 is 1.00 bits per heavy atom. The molecule has 0 aliphatic carbocycles. The van der Waals surface area contributed by atoms with E-state index in [0.717, 1.165) is 0 Å². The van der Waals surface area contributed by atoms with Crippen molar-refractivity contribution in [1.29, 1.82) is 5.26 Å². The average Bonchev–Trinajstić information content (AvgIpc) is 2.78. The smallest absolute Gasteiger partial charge is 0.339 e. The van der Waals surface area contributed by atoms with Crippen molar-refractivity contribution in [1.82, 2.24) is 0 Å². The number of nitrogens with one attached hydrogen (secondary N) is 1. The second-order valence-corrected chi connectivity index (χ2v) is 7.42. The van der Waals surface area contributed by atoms with Crippen LogP contribution in [0.25, 0.3) is 11.6 Å². The Balaban J connectivity index is 1.77. The molecule has 0 saturated carbocycles. The van der Waals surface area contributed by atoms with Gasteiger partial charge < -0.3 is 10.1 Å². The fourth-order valence-corrected chi connectivity index (χ4v) is 3.03. The molecule has 0 radical (unpaired) electrons. The minimum atomic E-state index is -0.784. The summed E-state index contributed by atoms with van der Waals surface area (Å²) < 4.78 is 18.5. The molecule has 0 fully saturated rings. The maximum absolute atomic E-state index is 13.3. The molecule has 0 heterocycles. The van der Waals surface area contributed by atoms with Crippen molar-refractivity contribution in [3.63, 3.8) is 0 Å². The van der Waals surface area contributed by atoms with Crippen molar-refractivity contribution in [2.45, 2.75) is 0 Å². The Hall–Kier alpha value is -3.66. The second-order valence-electron chi connectivity index (χ2n) is 6.54. The highest BCUT2D eigenvalue weighted by Gasteiger charge is 2.17. The number of hydrogen-bond donors (Lipinski definition) is 1. The number of carbonyl (C=O) groups excluding carboxylic acids is 2. The van der Waals surface area contributed by atoms with Crippen molar-refractivity contribution in [3.05, 3.63) is 99.3 Å². The third kappa shape index (κ3) is 6.17. The highest BCUT2D eigenvalue weighted by molar-refractivity contribution is 6.31. The molecule has 3 aromatic carbocycles. The molecule has 0 bridgehead atoms. The van der Waals surface area contributed by atoms with Crippen LogP contribution in [0.2, 0.25) is 10.0 Å². The van der Waals surface area contributed by atoms with E-state index in [-0.39, 0.29) is 16.8 Å². The van der Waals surface area contributed by atoms with Gasteiger partial charge in [0.15, 0.2) is 6.61 Å². The topological polar surface area (TPSA) is 79.2 Å². The summed E-state index contributed by atoms with van der Waals surface area (Å²) in [6, 6.07) is 18.4. The number of hydrogen-bond acceptors (Lipinski definition) is 4. The molecule has 0 unspecified atom stereocenters. The maximum Gasteiger partial charge on any atom is 0.339 e. The number of ether oxygens (including phenoxy) is 1. The van der Waals surface area contributed by atoms with Crippen LogP contribution in [0.1, 0.15) is 16.7 Å². The number of anilines is 1. The molecule has 1 N–H and O–H groups in total. The Morgan fingerprint density at radius 3 is 2.31 bits per heavy atom. The molecule has 0 aliphatic heterocycles. The van der Waals surface area contributed by atoms with Gasteiger partial charge in [-0.2, -0.15) is 5.26 Å². The number of rotatable bonds is 6. The first kappa shape index (κ1) is 23.0.